The van der Waals surface area contributed by atoms with Gasteiger partial charge in [-0.25, -0.2) is 13.2 Å². The van der Waals surface area contributed by atoms with E-state index in [-0.39, 0.29) is 34.3 Å². The first-order valence-electron chi connectivity index (χ1n) is 9.98. The van der Waals surface area contributed by atoms with Crippen molar-refractivity contribution >= 4 is 33.1 Å². The maximum absolute atomic E-state index is 13.4. The van der Waals surface area contributed by atoms with Crippen LogP contribution in [0.1, 0.15) is 11.1 Å². The normalized spacial score (nSPS) is 13.4. The van der Waals surface area contributed by atoms with Crippen LogP contribution in [-0.4, -0.2) is 33.1 Å². The molecule has 8 nitrogen and oxygen atoms in total. The molecular formula is C22H19F3N4O4S. The van der Waals surface area contributed by atoms with Crippen LogP contribution in [0.3, 0.4) is 0 Å². The average Bonchev–Trinajstić information content (AvgIpc) is 3.21. The molecule has 0 saturated heterocycles. The van der Waals surface area contributed by atoms with Gasteiger partial charge in [0.1, 0.15) is 5.75 Å². The van der Waals surface area contributed by atoms with E-state index in [1.807, 2.05) is 0 Å². The molecule has 0 aliphatic carbocycles. The molecule has 2 aromatic carbocycles. The predicted octanol–water partition coefficient (Wildman–Crippen LogP) is 4.50. The number of aromatic nitrogens is 1. The lowest BCUT2D eigenvalue weighted by Crippen LogP contribution is -2.33. The third-order valence-corrected chi connectivity index (χ3v) is 6.54. The van der Waals surface area contributed by atoms with Crippen LogP contribution < -0.4 is 19.7 Å². The van der Waals surface area contributed by atoms with E-state index in [1.54, 1.807) is 6.07 Å². The molecule has 0 bridgehead atoms. The van der Waals surface area contributed by atoms with Crippen LogP contribution in [0.4, 0.5) is 35.0 Å². The number of carbonyl (C=O) groups is 1. The molecule has 2 amide bonds. The Morgan fingerprint density at radius 2 is 1.88 bits per heavy atom. The van der Waals surface area contributed by atoms with Crippen molar-refractivity contribution in [3.63, 3.8) is 0 Å². The van der Waals surface area contributed by atoms with Crippen molar-refractivity contribution in [2.45, 2.75) is 17.5 Å². The van der Waals surface area contributed by atoms with Gasteiger partial charge < -0.3 is 10.1 Å². The number of amides is 2. The Morgan fingerprint density at radius 3 is 2.56 bits per heavy atom. The highest BCUT2D eigenvalue weighted by molar-refractivity contribution is 7.92. The van der Waals surface area contributed by atoms with Crippen molar-refractivity contribution in [3.05, 3.63) is 72.1 Å². The zero-order chi connectivity index (χ0) is 24.5. The van der Waals surface area contributed by atoms with E-state index < -0.39 is 27.8 Å². The van der Waals surface area contributed by atoms with Gasteiger partial charge in [0, 0.05) is 24.1 Å². The van der Waals surface area contributed by atoms with E-state index in [4.69, 9.17) is 4.74 Å². The van der Waals surface area contributed by atoms with E-state index >= 15 is 0 Å². The second-order valence-electron chi connectivity index (χ2n) is 7.39. The first kappa shape index (κ1) is 23.4. The molecule has 3 aromatic rings. The van der Waals surface area contributed by atoms with Crippen LogP contribution in [0.5, 0.6) is 5.75 Å². The van der Waals surface area contributed by atoms with E-state index in [0.29, 0.717) is 12.0 Å². The summed E-state index contributed by atoms with van der Waals surface area (Å²) < 4.78 is 72.9. The number of sulfonamides is 1. The Kier molecular flexibility index (Phi) is 6.09. The molecule has 1 aliphatic heterocycles. The molecule has 2 N–H and O–H groups in total. The number of methoxy groups -OCH3 is 1. The van der Waals surface area contributed by atoms with Crippen molar-refractivity contribution in [2.24, 2.45) is 0 Å². The number of benzene rings is 2. The summed E-state index contributed by atoms with van der Waals surface area (Å²) >= 11 is 0. The van der Waals surface area contributed by atoms with E-state index in [2.05, 4.69) is 15.0 Å². The number of ether oxygens (including phenoxy) is 1. The molecule has 12 heteroatoms. The molecule has 0 spiro atoms. The van der Waals surface area contributed by atoms with E-state index in [1.165, 1.54) is 53.7 Å². The maximum Gasteiger partial charge on any atom is 0.420 e. The molecule has 1 aliphatic rings. The van der Waals surface area contributed by atoms with Crippen molar-refractivity contribution < 1.29 is 31.1 Å². The van der Waals surface area contributed by atoms with Gasteiger partial charge in [-0.1, -0.05) is 6.07 Å². The molecule has 0 fully saturated rings. The number of nitrogens with zero attached hydrogens (tertiary/aromatic N) is 2. The van der Waals surface area contributed by atoms with Crippen LogP contribution >= 0.6 is 0 Å². The monoisotopic (exact) mass is 492 g/mol. The summed E-state index contributed by atoms with van der Waals surface area (Å²) in [7, 11) is -2.81. The number of nitrogens with one attached hydrogen (secondary N) is 2. The van der Waals surface area contributed by atoms with Crippen LogP contribution in [0.15, 0.2) is 65.8 Å². The molecule has 1 aromatic heterocycles. The lowest BCUT2D eigenvalue weighted by atomic mass is 10.1. The fourth-order valence-electron chi connectivity index (χ4n) is 3.59. The van der Waals surface area contributed by atoms with Gasteiger partial charge in [0.2, 0.25) is 0 Å². The highest BCUT2D eigenvalue weighted by Crippen LogP contribution is 2.42. The highest BCUT2D eigenvalue weighted by Gasteiger charge is 2.37. The second kappa shape index (κ2) is 8.86. The number of hydrogen-bond acceptors (Lipinski definition) is 5. The number of alkyl halides is 3. The number of fused-ring (bicyclic) bond motifs is 1. The Bertz CT molecular complexity index is 1330. The topological polar surface area (TPSA) is 101 Å². The molecule has 0 atom stereocenters. The summed E-state index contributed by atoms with van der Waals surface area (Å²) in [5.74, 6) is -0.312. The van der Waals surface area contributed by atoms with Crippen LogP contribution in [-0.2, 0) is 22.6 Å². The van der Waals surface area contributed by atoms with Crippen LogP contribution in [0.2, 0.25) is 0 Å². The van der Waals surface area contributed by atoms with Gasteiger partial charge in [-0.2, -0.15) is 13.2 Å². The molecule has 0 unspecified atom stereocenters. The number of halogens is 3. The van der Waals surface area contributed by atoms with Gasteiger partial charge >= 0.3 is 12.2 Å². The number of urea groups is 1. The van der Waals surface area contributed by atoms with Gasteiger partial charge in [0.15, 0.2) is 0 Å². The molecule has 2 heterocycles. The smallest absolute Gasteiger partial charge is 0.420 e. The third-order valence-electron chi connectivity index (χ3n) is 5.16. The largest absolute Gasteiger partial charge is 0.496 e. The first-order chi connectivity index (χ1) is 16.1. The molecule has 0 saturated carbocycles. The minimum absolute atomic E-state index is 0.111. The van der Waals surface area contributed by atoms with E-state index in [0.717, 1.165) is 13.2 Å². The first-order valence-corrected chi connectivity index (χ1v) is 11.5. The van der Waals surface area contributed by atoms with Crippen molar-refractivity contribution in [2.75, 3.05) is 28.6 Å². The fourth-order valence-corrected chi connectivity index (χ4v) is 4.67. The minimum Gasteiger partial charge on any atom is -0.496 e. The lowest BCUT2D eigenvalue weighted by molar-refractivity contribution is -0.138. The van der Waals surface area contributed by atoms with Crippen molar-refractivity contribution in [3.8, 4) is 5.75 Å². The summed E-state index contributed by atoms with van der Waals surface area (Å²) in [6.45, 7) is 0.159. The molecule has 34 heavy (non-hydrogen) atoms. The van der Waals surface area contributed by atoms with Crippen molar-refractivity contribution in [1.29, 1.82) is 0 Å². The van der Waals surface area contributed by atoms with E-state index in [9.17, 15) is 26.4 Å². The molecule has 4 rings (SSSR count). The zero-order valence-electron chi connectivity index (χ0n) is 17.8. The minimum atomic E-state index is -4.66. The summed E-state index contributed by atoms with van der Waals surface area (Å²) in [6, 6.07) is 10.1. The fraction of sp³-hybridized carbons (Fsp3) is 0.182. The summed E-state index contributed by atoms with van der Waals surface area (Å²) in [6.07, 6.45) is -1.47. The maximum atomic E-state index is 13.4. The summed E-state index contributed by atoms with van der Waals surface area (Å²) in [5, 5.41) is 2.56. The van der Waals surface area contributed by atoms with Gasteiger partial charge in [0.05, 0.1) is 29.5 Å². The number of carbonyl (C=O) groups excluding carboxylic acids is 1. The Hall–Kier alpha value is -3.80. The van der Waals surface area contributed by atoms with Gasteiger partial charge in [-0.3, -0.25) is 14.6 Å². The van der Waals surface area contributed by atoms with Crippen molar-refractivity contribution in [1.82, 2.24) is 4.98 Å². The van der Waals surface area contributed by atoms with Crippen LogP contribution in [0.25, 0.3) is 0 Å². The molecule has 178 valence electrons. The number of hydrogen-bond donors (Lipinski definition) is 2. The SMILES string of the molecule is COc1cc2c(cc1C(F)(F)F)N(C(=O)Nc1cccc(S(=O)(=O)Nc3cccnc3)c1)CC2. The van der Waals surface area contributed by atoms with Crippen LogP contribution in [0, 0.1) is 0 Å². The van der Waals surface area contributed by atoms with Gasteiger partial charge in [-0.05, 0) is 54.4 Å². The molecule has 0 radical (unpaired) electrons. The molecular weight excluding hydrogens is 473 g/mol. The standard InChI is InChI=1S/C22H19F3N4O4S/c1-33-20-10-14-7-9-29(19(14)12-18(20)22(23,24)25)21(30)27-15-4-2-6-17(11-15)34(31,32)28-16-5-3-8-26-13-16/h2-6,8,10-13,28H,7,9H2,1H3,(H,27,30). The number of pyridine rings is 1. The lowest BCUT2D eigenvalue weighted by Gasteiger charge is -2.20. The average molecular weight is 492 g/mol. The number of anilines is 3. The Morgan fingerprint density at radius 1 is 1.12 bits per heavy atom. The Labute approximate surface area is 193 Å². The summed E-state index contributed by atoms with van der Waals surface area (Å²) in [5.41, 5.74) is 0.103. The third kappa shape index (κ3) is 4.76. The van der Waals surface area contributed by atoms with Gasteiger partial charge in [0.25, 0.3) is 10.0 Å². The quantitative estimate of drug-likeness (QED) is 0.546. The Balaban J connectivity index is 1.56. The predicted molar refractivity (Wildman–Crippen MR) is 120 cm³/mol. The summed E-state index contributed by atoms with van der Waals surface area (Å²) in [4.78, 5) is 17.8. The second-order valence-corrected chi connectivity index (χ2v) is 9.07. The highest BCUT2D eigenvalue weighted by atomic mass is 32.2. The van der Waals surface area contributed by atoms with Gasteiger partial charge in [-0.15, -0.1) is 0 Å². The zero-order valence-corrected chi connectivity index (χ0v) is 18.6. The number of rotatable bonds is 5.